The van der Waals surface area contributed by atoms with Gasteiger partial charge in [0.25, 0.3) is 5.92 Å². The topological polar surface area (TPSA) is 162 Å². The molecule has 38 heavy (non-hydrogen) atoms. The number of allylic oxidation sites excluding steroid dienone is 1. The van der Waals surface area contributed by atoms with Crippen LogP contribution >= 0.6 is 15.9 Å². The van der Waals surface area contributed by atoms with Crippen LogP contribution in [0, 0.1) is 30.6 Å². The molecule has 0 aliphatic heterocycles. The third kappa shape index (κ3) is 6.19. The standard InChI is InChI=1S/C25H28BrF2N7O3/c1-15-11-17(5-3-9-29)12-16(2)20(15)38-22(32-14-30)19-21(33-23(37)35(19)10-4-8-26)34-24(6-7-24)25(27,28)13-18(31)36/h3,5,11-12,14,30,34H,4,6-8,10,13H2,1-2H3,(H2,31,36)(H,33,37)/b5-3+,30-14?,32-22?. The molecule has 1 aromatic heterocycles. The van der Waals surface area contributed by atoms with Crippen LogP contribution in [-0.4, -0.2) is 44.5 Å². The SMILES string of the molecule is Cc1cc(/C=C/C#N)cc(C)c1OC(=NC=N)c1c(NC2(C(F)(F)CC(N)=O)CC2)[nH]c(=O)n1CCCBr. The number of aromatic nitrogens is 2. The van der Waals surface area contributed by atoms with Crippen molar-refractivity contribution in [1.82, 2.24) is 9.55 Å². The highest BCUT2D eigenvalue weighted by Crippen LogP contribution is 2.52. The fraction of sp³-hybridized carbons (Fsp3) is 0.400. The number of anilines is 1. The number of benzene rings is 1. The third-order valence-electron chi connectivity index (χ3n) is 6.13. The summed E-state index contributed by atoms with van der Waals surface area (Å²) in [5.74, 6) is -4.43. The van der Waals surface area contributed by atoms with Crippen LogP contribution in [0.25, 0.3) is 6.08 Å². The van der Waals surface area contributed by atoms with Crippen molar-refractivity contribution in [2.24, 2.45) is 10.7 Å². The number of aliphatic imine (C=N–C) groups is 1. The van der Waals surface area contributed by atoms with Gasteiger partial charge in [0.15, 0.2) is 0 Å². The van der Waals surface area contributed by atoms with Gasteiger partial charge in [-0.05, 0) is 68.0 Å². The van der Waals surface area contributed by atoms with E-state index in [0.29, 0.717) is 28.6 Å². The number of halogens is 3. The number of primary amides is 1. The summed E-state index contributed by atoms with van der Waals surface area (Å²) in [6, 6.07) is 5.51. The minimum absolute atomic E-state index is 0.0507. The average molecular weight is 592 g/mol. The smallest absolute Gasteiger partial charge is 0.327 e. The molecule has 0 bridgehead atoms. The van der Waals surface area contributed by atoms with E-state index in [1.54, 1.807) is 32.1 Å². The lowest BCUT2D eigenvalue weighted by atomic mass is 10.0. The lowest BCUT2D eigenvalue weighted by molar-refractivity contribution is -0.127. The van der Waals surface area contributed by atoms with Gasteiger partial charge in [0, 0.05) is 18.0 Å². The molecule has 1 aromatic carbocycles. The number of carbonyl (C=O) groups is 1. The Morgan fingerprint density at radius 2 is 2.08 bits per heavy atom. The zero-order valence-corrected chi connectivity index (χ0v) is 22.5. The molecule has 0 atom stereocenters. The fourth-order valence-electron chi connectivity index (χ4n) is 4.21. The Kier molecular flexibility index (Phi) is 8.88. The van der Waals surface area contributed by atoms with Crippen molar-refractivity contribution in [3.63, 3.8) is 0 Å². The van der Waals surface area contributed by atoms with Crippen LogP contribution in [0.3, 0.4) is 0 Å². The number of aromatic amines is 1. The second-order valence-electron chi connectivity index (χ2n) is 9.01. The molecule has 0 radical (unpaired) electrons. The number of amides is 1. The van der Waals surface area contributed by atoms with Crippen molar-refractivity contribution in [2.45, 2.75) is 57.5 Å². The zero-order chi connectivity index (χ0) is 28.1. The molecule has 1 saturated carbocycles. The number of alkyl halides is 3. The second kappa shape index (κ2) is 11.7. The third-order valence-corrected chi connectivity index (χ3v) is 6.69. The number of imidazole rings is 1. The molecule has 0 spiro atoms. The average Bonchev–Trinajstić information content (AvgIpc) is 3.56. The summed E-state index contributed by atoms with van der Waals surface area (Å²) in [5, 5.41) is 19.7. The fourth-order valence-corrected chi connectivity index (χ4v) is 4.47. The van der Waals surface area contributed by atoms with Crippen molar-refractivity contribution in [1.29, 1.82) is 10.7 Å². The van der Waals surface area contributed by atoms with Crippen LogP contribution in [0.2, 0.25) is 0 Å². The Hall–Kier alpha value is -3.79. The number of nitrogens with two attached hydrogens (primary N) is 1. The highest BCUT2D eigenvalue weighted by Gasteiger charge is 2.63. The molecule has 0 unspecified atom stereocenters. The van der Waals surface area contributed by atoms with Crippen LogP contribution in [0.1, 0.15) is 48.1 Å². The second-order valence-corrected chi connectivity index (χ2v) is 9.81. The van der Waals surface area contributed by atoms with Gasteiger partial charge in [-0.15, -0.1) is 0 Å². The summed E-state index contributed by atoms with van der Waals surface area (Å²) in [5.41, 5.74) is 4.90. The predicted octanol–water partition coefficient (Wildman–Crippen LogP) is 4.00. The Labute approximate surface area is 226 Å². The molecule has 0 saturated heterocycles. The van der Waals surface area contributed by atoms with Crippen LogP contribution in [-0.2, 0) is 11.3 Å². The highest BCUT2D eigenvalue weighted by molar-refractivity contribution is 9.09. The molecule has 1 aliphatic carbocycles. The molecule has 5 N–H and O–H groups in total. The maximum atomic E-state index is 15.0. The van der Waals surface area contributed by atoms with Crippen LogP contribution in [0.4, 0.5) is 14.6 Å². The van der Waals surface area contributed by atoms with E-state index in [1.165, 1.54) is 10.6 Å². The normalized spacial score (nSPS) is 14.8. The van der Waals surface area contributed by atoms with E-state index in [0.717, 1.165) is 11.9 Å². The van der Waals surface area contributed by atoms with Crippen molar-refractivity contribution < 1.29 is 18.3 Å². The van der Waals surface area contributed by atoms with Gasteiger partial charge in [-0.2, -0.15) is 5.26 Å². The van der Waals surface area contributed by atoms with E-state index in [-0.39, 0.29) is 36.8 Å². The summed E-state index contributed by atoms with van der Waals surface area (Å²) < 4.78 is 37.4. The summed E-state index contributed by atoms with van der Waals surface area (Å²) in [4.78, 5) is 30.8. The molecule has 1 fully saturated rings. The molecule has 202 valence electrons. The molecule has 1 aliphatic rings. The van der Waals surface area contributed by atoms with E-state index in [1.807, 2.05) is 6.07 Å². The van der Waals surface area contributed by atoms with E-state index in [2.05, 4.69) is 31.2 Å². The monoisotopic (exact) mass is 591 g/mol. The lowest BCUT2D eigenvalue weighted by Crippen LogP contribution is -2.45. The number of hydrogen-bond donors (Lipinski definition) is 4. The molecule has 1 heterocycles. The van der Waals surface area contributed by atoms with Gasteiger partial charge < -0.3 is 15.8 Å². The van der Waals surface area contributed by atoms with E-state index in [9.17, 15) is 18.4 Å². The van der Waals surface area contributed by atoms with Gasteiger partial charge in [0.1, 0.15) is 29.1 Å². The van der Waals surface area contributed by atoms with E-state index < -0.39 is 29.5 Å². The van der Waals surface area contributed by atoms with E-state index in [4.69, 9.17) is 21.1 Å². The van der Waals surface area contributed by atoms with Crippen LogP contribution < -0.4 is 21.5 Å². The number of aryl methyl sites for hydroxylation is 2. The summed E-state index contributed by atoms with van der Waals surface area (Å²) in [7, 11) is 0. The Morgan fingerprint density at radius 1 is 1.42 bits per heavy atom. The molecular formula is C25H28BrF2N7O3. The number of carbonyl (C=O) groups excluding carboxylic acids is 1. The number of nitrogens with one attached hydrogen (secondary N) is 3. The first-order valence-electron chi connectivity index (χ1n) is 11.7. The largest absolute Gasteiger partial charge is 0.436 e. The molecule has 10 nitrogen and oxygen atoms in total. The van der Waals surface area contributed by atoms with Gasteiger partial charge in [0.2, 0.25) is 11.8 Å². The van der Waals surface area contributed by atoms with Gasteiger partial charge in [0.05, 0.1) is 12.5 Å². The van der Waals surface area contributed by atoms with Crippen molar-refractivity contribution >= 4 is 46.0 Å². The quantitative estimate of drug-likeness (QED) is 0.127. The molecule has 3 rings (SSSR count). The first kappa shape index (κ1) is 28.8. The molecule has 2 aromatic rings. The van der Waals surface area contributed by atoms with Crippen LogP contribution in [0.5, 0.6) is 5.75 Å². The maximum Gasteiger partial charge on any atom is 0.327 e. The lowest BCUT2D eigenvalue weighted by Gasteiger charge is -2.27. The number of ether oxygens (including phenoxy) is 1. The number of nitrogens with zero attached hydrogens (tertiary/aromatic N) is 3. The Balaban J connectivity index is 2.10. The maximum absolute atomic E-state index is 15.0. The summed E-state index contributed by atoms with van der Waals surface area (Å²) in [6.45, 7) is 3.77. The minimum atomic E-state index is -3.47. The van der Waals surface area contributed by atoms with Crippen LogP contribution in [0.15, 0.2) is 28.0 Å². The van der Waals surface area contributed by atoms with Crippen molar-refractivity contribution in [2.75, 3.05) is 10.6 Å². The highest BCUT2D eigenvalue weighted by atomic mass is 79.9. The first-order chi connectivity index (χ1) is 18.0. The Bertz CT molecular complexity index is 1360. The van der Waals surface area contributed by atoms with Gasteiger partial charge in [-0.25, -0.2) is 18.6 Å². The number of nitriles is 1. The molecule has 13 heteroatoms. The van der Waals surface area contributed by atoms with Gasteiger partial charge in [-0.1, -0.05) is 15.9 Å². The molecule has 1 amide bonds. The number of H-pyrrole nitrogens is 1. The first-order valence-corrected chi connectivity index (χ1v) is 12.9. The number of hydrogen-bond acceptors (Lipinski definition) is 6. The Morgan fingerprint density at radius 3 is 2.61 bits per heavy atom. The summed E-state index contributed by atoms with van der Waals surface area (Å²) in [6.07, 6.45) is 3.21. The number of rotatable bonds is 12. The van der Waals surface area contributed by atoms with Crippen molar-refractivity contribution in [3.8, 4) is 11.8 Å². The summed E-state index contributed by atoms with van der Waals surface area (Å²) >= 11 is 3.33. The predicted molar refractivity (Wildman–Crippen MR) is 144 cm³/mol. The zero-order valence-electron chi connectivity index (χ0n) is 20.9. The van der Waals surface area contributed by atoms with Crippen molar-refractivity contribution in [3.05, 3.63) is 51.1 Å². The van der Waals surface area contributed by atoms with Gasteiger partial charge in [-0.3, -0.25) is 19.8 Å². The minimum Gasteiger partial charge on any atom is -0.436 e. The molecular weight excluding hydrogens is 564 g/mol. The van der Waals surface area contributed by atoms with E-state index >= 15 is 0 Å². The van der Waals surface area contributed by atoms with Gasteiger partial charge >= 0.3 is 5.69 Å².